The summed E-state index contributed by atoms with van der Waals surface area (Å²) in [6.45, 7) is 16.7. The van der Waals surface area contributed by atoms with Crippen molar-refractivity contribution in [1.29, 1.82) is 0 Å². The third kappa shape index (κ3) is 10.0. The molecular formula is C61H63HfN6O2. The van der Waals surface area contributed by atoms with Crippen molar-refractivity contribution in [3.8, 4) is 23.0 Å². The zero-order valence-electron chi connectivity index (χ0n) is 41.1. The molecule has 0 saturated carbocycles. The van der Waals surface area contributed by atoms with Gasteiger partial charge in [-0.1, -0.05) is 0 Å². The van der Waals surface area contributed by atoms with Crippen LogP contribution in [0.15, 0.2) is 194 Å². The fraction of sp³-hybridized carbons (Fsp3) is 0.213. The van der Waals surface area contributed by atoms with Gasteiger partial charge in [0.2, 0.25) is 0 Å². The molecule has 2 aliphatic rings. The van der Waals surface area contributed by atoms with E-state index in [4.69, 9.17) is 9.47 Å². The first-order valence-electron chi connectivity index (χ1n) is 24.6. The molecule has 2 aliphatic heterocycles. The van der Waals surface area contributed by atoms with E-state index in [1.807, 2.05) is 60.7 Å². The van der Waals surface area contributed by atoms with E-state index < -0.39 is 22.0 Å². The van der Waals surface area contributed by atoms with Gasteiger partial charge < -0.3 is 0 Å². The molecule has 2 saturated heterocycles. The summed E-state index contributed by atoms with van der Waals surface area (Å²) in [5.74, 6) is 3.28. The van der Waals surface area contributed by atoms with Crippen LogP contribution in [-0.2, 0) is 22.0 Å². The number of ether oxygens (including phenoxy) is 2. The van der Waals surface area contributed by atoms with Gasteiger partial charge in [-0.25, -0.2) is 0 Å². The second-order valence-electron chi connectivity index (χ2n) is 18.7. The van der Waals surface area contributed by atoms with Crippen LogP contribution in [0.3, 0.4) is 0 Å². The Kier molecular flexibility index (Phi) is 14.2. The molecular weight excluding hydrogens is 1030 g/mol. The van der Waals surface area contributed by atoms with Crippen molar-refractivity contribution in [2.75, 3.05) is 45.8 Å². The van der Waals surface area contributed by atoms with Gasteiger partial charge in [-0.3, -0.25) is 0 Å². The number of nitrogens with one attached hydrogen (secondary N) is 2. The number of rotatable bonds is 15. The second-order valence-corrected chi connectivity index (χ2v) is 25.9. The second kappa shape index (κ2) is 21.1. The minimum absolute atomic E-state index is 0.0769. The molecule has 0 bridgehead atoms. The molecule has 8 aromatic carbocycles. The maximum absolute atomic E-state index is 6.77. The van der Waals surface area contributed by atoms with Crippen LogP contribution < -0.4 is 35.7 Å². The van der Waals surface area contributed by atoms with E-state index in [2.05, 4.69) is 201 Å². The summed E-state index contributed by atoms with van der Waals surface area (Å²) in [4.78, 5) is 10.4. The summed E-state index contributed by atoms with van der Waals surface area (Å²) in [6, 6.07) is 69.1. The van der Waals surface area contributed by atoms with Crippen molar-refractivity contribution < 1.29 is 31.5 Å². The van der Waals surface area contributed by atoms with Gasteiger partial charge in [-0.05, 0) is 0 Å². The topological polar surface area (TPSA) is 55.5 Å². The maximum atomic E-state index is 6.77. The van der Waals surface area contributed by atoms with Crippen LogP contribution in [0.4, 0.5) is 22.7 Å². The van der Waals surface area contributed by atoms with E-state index in [0.29, 0.717) is 0 Å². The molecule has 353 valence electrons. The van der Waals surface area contributed by atoms with E-state index in [-0.39, 0.29) is 16.3 Å². The first kappa shape index (κ1) is 47.0. The van der Waals surface area contributed by atoms with Crippen LogP contribution in [0.25, 0.3) is 0 Å². The van der Waals surface area contributed by atoms with Crippen LogP contribution in [0.2, 0.25) is 0 Å². The third-order valence-corrected chi connectivity index (χ3v) is 22.2. The first-order chi connectivity index (χ1) is 34.2. The number of nitrogens with zero attached hydrogens (tertiary/aromatic N) is 4. The predicted octanol–water partition coefficient (Wildman–Crippen LogP) is 13.5. The zero-order chi connectivity index (χ0) is 48.1. The van der Waals surface area contributed by atoms with Crippen molar-refractivity contribution in [2.45, 2.75) is 57.8 Å². The normalized spacial score (nSPS) is 15.8. The summed E-state index contributed by atoms with van der Waals surface area (Å²) < 4.78 is 22.9. The Morgan fingerprint density at radius 3 is 1.09 bits per heavy atom. The standard InChI is InChI=1S/2C24H26N3O.C13H11.Hf/c2*1-17-15-18(2)23(19(3)16-17)27-14-13-26(24(27)25)21-11-7-8-12-22(21)28-20-9-5-4-6-10-20;1-3-7-12(8-4-1)11-13-9-5-2-6-10-13;/h2*4-12,15-16,24-25H,13-14H2,1-3H3;1-11H;/q2*-1;;+2. The van der Waals surface area contributed by atoms with Gasteiger partial charge in [-0.2, -0.15) is 0 Å². The molecule has 0 spiro atoms. The van der Waals surface area contributed by atoms with Crippen molar-refractivity contribution >= 4 is 22.7 Å². The van der Waals surface area contributed by atoms with Crippen molar-refractivity contribution in [2.24, 2.45) is 0 Å². The van der Waals surface area contributed by atoms with Gasteiger partial charge >= 0.3 is 426 Å². The molecule has 0 amide bonds. The molecule has 0 aromatic heterocycles. The van der Waals surface area contributed by atoms with E-state index in [1.165, 1.54) is 55.9 Å². The molecule has 9 heteroatoms. The van der Waals surface area contributed by atoms with Crippen molar-refractivity contribution in [1.82, 2.24) is 6.61 Å². The Balaban J connectivity index is 1.16. The number of aryl methyl sites for hydroxylation is 6. The van der Waals surface area contributed by atoms with Gasteiger partial charge in [0.1, 0.15) is 0 Å². The summed E-state index contributed by atoms with van der Waals surface area (Å²) in [6.07, 6.45) is -0.435. The summed E-state index contributed by atoms with van der Waals surface area (Å²) in [5, 5.41) is 0. The molecule has 2 N–H and O–H groups in total. The van der Waals surface area contributed by atoms with Gasteiger partial charge in [0.25, 0.3) is 0 Å². The molecule has 8 nitrogen and oxygen atoms in total. The molecule has 10 rings (SSSR count). The van der Waals surface area contributed by atoms with Crippen molar-refractivity contribution in [3.63, 3.8) is 0 Å². The molecule has 8 aromatic rings. The summed E-state index contributed by atoms with van der Waals surface area (Å²) >= 11 is -3.73. The van der Waals surface area contributed by atoms with E-state index in [0.717, 1.165) is 60.6 Å². The Labute approximate surface area is 423 Å². The Morgan fingerprint density at radius 1 is 0.400 bits per heavy atom. The van der Waals surface area contributed by atoms with Gasteiger partial charge in [0, 0.05) is 0 Å². The number of para-hydroxylation sites is 6. The average molecular weight is 1090 g/mol. The van der Waals surface area contributed by atoms with Crippen LogP contribution >= 0.6 is 0 Å². The van der Waals surface area contributed by atoms with Gasteiger partial charge in [-0.15, -0.1) is 0 Å². The Bertz CT molecular complexity index is 2780. The SMILES string of the molecule is Cc1cc(C)c(N2CCN(c3ccccc3Oc3ccccc3)C2[NH][Hf]([NH]C2N(c3ccccc3Oc3ccccc3)CCN2c2c(C)cc(C)cc2C)[CH](c2ccccc2)c2ccccc2)c(C)c1. The number of anilines is 4. The molecule has 2 heterocycles. The predicted molar refractivity (Wildman–Crippen MR) is 285 cm³/mol. The Morgan fingerprint density at radius 2 is 0.714 bits per heavy atom. The molecule has 0 radical (unpaired) electrons. The van der Waals surface area contributed by atoms with E-state index >= 15 is 0 Å². The van der Waals surface area contributed by atoms with E-state index in [9.17, 15) is 0 Å². The molecule has 0 aliphatic carbocycles. The van der Waals surface area contributed by atoms with Crippen LogP contribution in [-0.4, -0.2) is 38.8 Å². The average Bonchev–Trinajstić information content (AvgIpc) is 3.96. The van der Waals surface area contributed by atoms with Crippen LogP contribution in [0.1, 0.15) is 48.2 Å². The minimum atomic E-state index is -3.73. The molecule has 2 unspecified atom stereocenters. The summed E-state index contributed by atoms with van der Waals surface area (Å²) in [7, 11) is 0. The summed E-state index contributed by atoms with van der Waals surface area (Å²) in [5.41, 5.74) is 14.9. The molecule has 70 heavy (non-hydrogen) atoms. The first-order valence-corrected chi connectivity index (χ1v) is 30.2. The van der Waals surface area contributed by atoms with Gasteiger partial charge in [0.15, 0.2) is 0 Å². The van der Waals surface area contributed by atoms with Gasteiger partial charge in [0.05, 0.1) is 0 Å². The fourth-order valence-corrected chi connectivity index (χ4v) is 20.4. The molecule has 2 atom stereocenters. The Hall–Kier alpha value is -6.65. The number of hydrogen-bond donors (Lipinski definition) is 2. The third-order valence-electron chi connectivity index (χ3n) is 13.6. The zero-order valence-corrected chi connectivity index (χ0v) is 44.7. The van der Waals surface area contributed by atoms with Crippen LogP contribution in [0.5, 0.6) is 23.0 Å². The fourth-order valence-electron chi connectivity index (χ4n) is 10.9. The number of benzene rings is 8. The monoisotopic (exact) mass is 1090 g/mol. The van der Waals surface area contributed by atoms with E-state index in [1.54, 1.807) is 0 Å². The van der Waals surface area contributed by atoms with Crippen molar-refractivity contribution in [3.05, 3.63) is 239 Å². The quantitative estimate of drug-likeness (QED) is 0.0985. The number of hydrogen-bond acceptors (Lipinski definition) is 8. The van der Waals surface area contributed by atoms with Crippen LogP contribution in [0, 0.1) is 41.5 Å². The molecule has 2 fully saturated rings.